The van der Waals surface area contributed by atoms with Crippen LogP contribution < -0.4 is 0 Å². The Kier molecular flexibility index (Phi) is 15.2. The topological polar surface area (TPSA) is 3.24 Å². The first kappa shape index (κ1) is 16.4. The van der Waals surface area contributed by atoms with E-state index in [2.05, 4.69) is 37.8 Å². The van der Waals surface area contributed by atoms with Crippen LogP contribution in [0.15, 0.2) is 12.2 Å². The molecule has 86 valence electrons. The number of allylic oxidation sites excluding steroid dienone is 1. The molecule has 1 nitrogen and oxygen atoms in total. The Labute approximate surface area is 96.0 Å². The summed E-state index contributed by atoms with van der Waals surface area (Å²) in [6.45, 7) is 10.3. The predicted octanol–water partition coefficient (Wildman–Crippen LogP) is 3.89. The van der Waals surface area contributed by atoms with Crippen LogP contribution >= 0.6 is 12.4 Å². The number of unbranched alkanes of at least 4 members (excludes halogenated alkanes) is 2. The first-order valence-electron chi connectivity index (χ1n) is 5.68. The molecule has 0 fully saturated rings. The maximum atomic E-state index is 2.55. The Balaban J connectivity index is 0. The van der Waals surface area contributed by atoms with Crippen LogP contribution in [-0.2, 0) is 0 Å². The summed E-state index contributed by atoms with van der Waals surface area (Å²) >= 11 is 0. The number of hydrogen-bond acceptors (Lipinski definition) is 1. The summed E-state index contributed by atoms with van der Waals surface area (Å²) in [5.74, 6) is 0. The summed E-state index contributed by atoms with van der Waals surface area (Å²) < 4.78 is 0. The minimum Gasteiger partial charge on any atom is -0.300 e. The lowest BCUT2D eigenvalue weighted by Crippen LogP contribution is -2.26. The molecule has 0 rings (SSSR count). The molecule has 0 bridgehead atoms. The smallest absolute Gasteiger partial charge is 0.0163 e. The quantitative estimate of drug-likeness (QED) is 0.560. The molecule has 0 radical (unpaired) electrons. The van der Waals surface area contributed by atoms with Crippen molar-refractivity contribution in [2.24, 2.45) is 0 Å². The highest BCUT2D eigenvalue weighted by molar-refractivity contribution is 5.85. The average Bonchev–Trinajstić information content (AvgIpc) is 2.17. The highest BCUT2D eigenvalue weighted by Crippen LogP contribution is 1.99. The minimum atomic E-state index is 0. The van der Waals surface area contributed by atoms with Gasteiger partial charge in [-0.2, -0.15) is 0 Å². The lowest BCUT2D eigenvalue weighted by Gasteiger charge is -2.19. The summed E-state index contributed by atoms with van der Waals surface area (Å²) in [7, 11) is 0. The van der Waals surface area contributed by atoms with Gasteiger partial charge < -0.3 is 0 Å². The molecule has 0 aliphatic rings. The van der Waals surface area contributed by atoms with Crippen molar-refractivity contribution in [3.8, 4) is 0 Å². The summed E-state index contributed by atoms with van der Waals surface area (Å²) in [5.41, 5.74) is 0. The summed E-state index contributed by atoms with van der Waals surface area (Å²) in [4.78, 5) is 2.55. The van der Waals surface area contributed by atoms with Gasteiger partial charge in [-0.15, -0.1) is 12.4 Å². The van der Waals surface area contributed by atoms with Crippen molar-refractivity contribution in [2.75, 3.05) is 19.6 Å². The Morgan fingerprint density at radius 3 is 1.86 bits per heavy atom. The third-order valence-electron chi connectivity index (χ3n) is 2.26. The first-order valence-corrected chi connectivity index (χ1v) is 5.68. The van der Waals surface area contributed by atoms with E-state index in [9.17, 15) is 0 Å². The predicted molar refractivity (Wildman–Crippen MR) is 68.3 cm³/mol. The van der Waals surface area contributed by atoms with Gasteiger partial charge in [0, 0.05) is 6.54 Å². The summed E-state index contributed by atoms with van der Waals surface area (Å²) in [5, 5.41) is 0. The van der Waals surface area contributed by atoms with E-state index >= 15 is 0 Å². The molecule has 0 amide bonds. The van der Waals surface area contributed by atoms with Crippen LogP contribution in [0.1, 0.15) is 46.5 Å². The Hall–Kier alpha value is -0.0100. The van der Waals surface area contributed by atoms with Crippen LogP contribution in [0.3, 0.4) is 0 Å². The van der Waals surface area contributed by atoms with Gasteiger partial charge in [0.15, 0.2) is 0 Å². The number of nitrogens with zero attached hydrogens (tertiary/aromatic N) is 1. The molecule has 0 aromatic rings. The lowest BCUT2D eigenvalue weighted by atomic mass is 10.2. The molecule has 0 saturated carbocycles. The van der Waals surface area contributed by atoms with Gasteiger partial charge in [-0.3, -0.25) is 4.90 Å². The Morgan fingerprint density at radius 2 is 1.50 bits per heavy atom. The standard InChI is InChI=1S/C12H25N.ClH/c1-4-7-10-13(11-8-5-2)12-9-6-3;/h4,7H,5-6,8-12H2,1-3H3;1H/b7-4+;. The Bertz CT molecular complexity index is 115. The van der Waals surface area contributed by atoms with Gasteiger partial charge in [-0.25, -0.2) is 0 Å². The van der Waals surface area contributed by atoms with Crippen LogP contribution in [-0.4, -0.2) is 24.5 Å². The second kappa shape index (κ2) is 13.0. The molecule has 0 saturated heterocycles. The van der Waals surface area contributed by atoms with Crippen molar-refractivity contribution in [3.63, 3.8) is 0 Å². The van der Waals surface area contributed by atoms with Crippen LogP contribution in [0, 0.1) is 0 Å². The van der Waals surface area contributed by atoms with E-state index in [1.165, 1.54) is 38.8 Å². The van der Waals surface area contributed by atoms with Gasteiger partial charge >= 0.3 is 0 Å². The van der Waals surface area contributed by atoms with Crippen molar-refractivity contribution in [2.45, 2.75) is 46.5 Å². The van der Waals surface area contributed by atoms with Crippen molar-refractivity contribution in [1.82, 2.24) is 4.90 Å². The Morgan fingerprint density at radius 1 is 1.00 bits per heavy atom. The molecule has 0 atom stereocenters. The van der Waals surface area contributed by atoms with E-state index in [-0.39, 0.29) is 12.4 Å². The summed E-state index contributed by atoms with van der Waals surface area (Å²) in [6.07, 6.45) is 9.68. The van der Waals surface area contributed by atoms with Crippen LogP contribution in [0.25, 0.3) is 0 Å². The molecule has 0 aliphatic carbocycles. The number of rotatable bonds is 8. The first-order chi connectivity index (χ1) is 6.35. The zero-order valence-electron chi connectivity index (χ0n) is 9.96. The van der Waals surface area contributed by atoms with Crippen molar-refractivity contribution in [1.29, 1.82) is 0 Å². The molecule has 0 aliphatic heterocycles. The van der Waals surface area contributed by atoms with Gasteiger partial charge in [0.05, 0.1) is 0 Å². The molecule has 14 heavy (non-hydrogen) atoms. The fourth-order valence-corrected chi connectivity index (χ4v) is 1.31. The molecular weight excluding hydrogens is 194 g/mol. The molecule has 0 N–H and O–H groups in total. The molecule has 0 heterocycles. The zero-order chi connectivity index (χ0) is 9.94. The van der Waals surface area contributed by atoms with E-state index in [4.69, 9.17) is 0 Å². The fraction of sp³-hybridized carbons (Fsp3) is 0.833. The number of halogens is 1. The van der Waals surface area contributed by atoms with Crippen LogP contribution in [0.5, 0.6) is 0 Å². The average molecular weight is 220 g/mol. The second-order valence-corrected chi connectivity index (χ2v) is 3.58. The van der Waals surface area contributed by atoms with Crippen molar-refractivity contribution < 1.29 is 0 Å². The number of hydrogen-bond donors (Lipinski definition) is 0. The lowest BCUT2D eigenvalue weighted by molar-refractivity contribution is 0.292. The second-order valence-electron chi connectivity index (χ2n) is 3.58. The van der Waals surface area contributed by atoms with E-state index in [0.29, 0.717) is 0 Å². The zero-order valence-corrected chi connectivity index (χ0v) is 10.8. The van der Waals surface area contributed by atoms with Crippen LogP contribution in [0.4, 0.5) is 0 Å². The van der Waals surface area contributed by atoms with E-state index < -0.39 is 0 Å². The maximum absolute atomic E-state index is 2.55. The molecule has 0 spiro atoms. The van der Waals surface area contributed by atoms with Gasteiger partial charge in [-0.1, -0.05) is 38.8 Å². The van der Waals surface area contributed by atoms with E-state index in [1.807, 2.05) is 0 Å². The molecular formula is C12H26ClN. The third-order valence-corrected chi connectivity index (χ3v) is 2.26. The monoisotopic (exact) mass is 219 g/mol. The normalized spacial score (nSPS) is 10.9. The molecule has 2 heteroatoms. The SMILES string of the molecule is C/C=C/CN(CCCC)CCCC.Cl. The van der Waals surface area contributed by atoms with Crippen molar-refractivity contribution in [3.05, 3.63) is 12.2 Å². The third kappa shape index (κ3) is 10.1. The fourth-order valence-electron chi connectivity index (χ4n) is 1.31. The van der Waals surface area contributed by atoms with Crippen molar-refractivity contribution >= 4 is 12.4 Å². The van der Waals surface area contributed by atoms with Gasteiger partial charge in [-0.05, 0) is 32.9 Å². The molecule has 0 unspecified atom stereocenters. The minimum absolute atomic E-state index is 0. The molecule has 0 aromatic carbocycles. The van der Waals surface area contributed by atoms with E-state index in [1.54, 1.807) is 0 Å². The van der Waals surface area contributed by atoms with E-state index in [0.717, 1.165) is 6.54 Å². The highest BCUT2D eigenvalue weighted by atomic mass is 35.5. The van der Waals surface area contributed by atoms with Gasteiger partial charge in [0.1, 0.15) is 0 Å². The molecule has 0 aromatic heterocycles. The summed E-state index contributed by atoms with van der Waals surface area (Å²) in [6, 6.07) is 0. The van der Waals surface area contributed by atoms with Crippen LogP contribution in [0.2, 0.25) is 0 Å². The largest absolute Gasteiger partial charge is 0.300 e. The highest BCUT2D eigenvalue weighted by Gasteiger charge is 2.00. The van der Waals surface area contributed by atoms with Gasteiger partial charge in [0.25, 0.3) is 0 Å². The maximum Gasteiger partial charge on any atom is 0.0163 e. The van der Waals surface area contributed by atoms with Gasteiger partial charge in [0.2, 0.25) is 0 Å².